The number of aliphatic hydroxyl groups excluding tert-OH is 1. The Bertz CT molecular complexity index is 3280. The lowest BCUT2D eigenvalue weighted by Gasteiger charge is -2.47. The quantitative estimate of drug-likeness (QED) is 0.0411. The molecule has 12 aliphatic rings. The Morgan fingerprint density at radius 1 is 0.703 bits per heavy atom. The molecule has 29 heteroatoms. The molecule has 552 valence electrons. The molecule has 0 saturated carbocycles. The van der Waals surface area contributed by atoms with Gasteiger partial charge >= 0.3 is 5.97 Å². The Morgan fingerprint density at radius 2 is 1.42 bits per heavy atom. The second kappa shape index (κ2) is 32.8. The number of carbonyl (C=O) groups excluding carboxylic acids is 9. The number of carboxylic acid groups (broad SMARTS) is 1. The van der Waals surface area contributed by atoms with Gasteiger partial charge in [0.25, 0.3) is 11.8 Å². The van der Waals surface area contributed by atoms with Crippen molar-refractivity contribution >= 4 is 59.0 Å². The highest BCUT2D eigenvalue weighted by atomic mass is 16.8. The zero-order chi connectivity index (χ0) is 71.2. The first-order chi connectivity index (χ1) is 48.6. The molecule has 11 saturated heterocycles. The van der Waals surface area contributed by atoms with Crippen molar-refractivity contribution < 1.29 is 106 Å². The standard InChI is InChI=1S/C72H97N7O22/c1-38-23-44-14-16-51-39(2)24-46(94-51)20-21-72-31-56-66(100-72)67-68(99-56)69(101-72)65-52(98-67)17-15-45(96-65)26-42(80)27-48-54(30-53(95-44)40(38)3)97-55(64(48)92-4)28-43(81)32-73-57(82)33-75-70(90)49(25-41-11-7-5-8-12-41)77-59(84)35-74-58(83)34-76-71(91)50-29-47(93-37-63(88)89)36-79(50)60(85)13-9-6-10-22-78-61(86)18-19-62(78)87/h5,7-8,11-12,18-19,38,43-56,64-69,81H,2-3,6,9-10,13-17,20-37H2,1,4H3,(H,73,82)(H,74,83)(H,75,90)(H,76,91)(H,77,84)(H,88,89)/t38-,43+,44+,45-,46+,47-,48+,49+,50+,51+,52+,53-,54+,55-,56-,64-,65+,66+,67?,68?,69+,72+/m1/s1. The maximum absolute atomic E-state index is 14.6. The number of amides is 8. The van der Waals surface area contributed by atoms with Gasteiger partial charge in [-0.3, -0.25) is 48.1 Å². The summed E-state index contributed by atoms with van der Waals surface area (Å²) in [5.74, 6) is -7.40. The highest BCUT2D eigenvalue weighted by Gasteiger charge is 2.69. The van der Waals surface area contributed by atoms with Crippen LogP contribution in [0.25, 0.3) is 0 Å². The Morgan fingerprint density at radius 3 is 2.20 bits per heavy atom. The summed E-state index contributed by atoms with van der Waals surface area (Å²) in [5.41, 5.74) is 2.66. The molecule has 12 heterocycles. The van der Waals surface area contributed by atoms with Crippen molar-refractivity contribution in [2.75, 3.05) is 53.0 Å². The van der Waals surface area contributed by atoms with Crippen LogP contribution in [0.4, 0.5) is 0 Å². The predicted molar refractivity (Wildman–Crippen MR) is 353 cm³/mol. The number of carbonyl (C=O) groups is 10. The lowest BCUT2D eigenvalue weighted by molar-refractivity contribution is -0.292. The van der Waals surface area contributed by atoms with Crippen LogP contribution in [0, 0.1) is 11.8 Å². The monoisotopic (exact) mass is 1410 g/mol. The number of Topliss-reactive ketones (excluding diaryl/α,β-unsaturated/α-hetero) is 1. The number of aliphatic carboxylic acids is 1. The number of rotatable bonds is 25. The molecule has 11 fully saturated rings. The van der Waals surface area contributed by atoms with Gasteiger partial charge in [-0.15, -0.1) is 0 Å². The third-order valence-corrected chi connectivity index (χ3v) is 22.0. The summed E-state index contributed by atoms with van der Waals surface area (Å²) < 4.78 is 66.2. The highest BCUT2D eigenvalue weighted by Crippen LogP contribution is 2.55. The van der Waals surface area contributed by atoms with Gasteiger partial charge in [0.2, 0.25) is 35.4 Å². The van der Waals surface area contributed by atoms with Gasteiger partial charge in [0.15, 0.2) is 5.79 Å². The number of unbranched alkanes of at least 4 members (excludes halogenated alkanes) is 2. The highest BCUT2D eigenvalue weighted by molar-refractivity contribution is 6.12. The molecule has 29 nitrogen and oxygen atoms in total. The summed E-state index contributed by atoms with van der Waals surface area (Å²) in [5, 5.41) is 33.6. The van der Waals surface area contributed by atoms with Crippen molar-refractivity contribution in [2.24, 2.45) is 11.8 Å². The van der Waals surface area contributed by atoms with Crippen molar-refractivity contribution in [2.45, 2.75) is 251 Å². The number of nitrogens with one attached hydrogen (secondary N) is 5. The number of ketones is 1. The number of benzene rings is 1. The average molecular weight is 1410 g/mol. The van der Waals surface area contributed by atoms with Crippen LogP contribution >= 0.6 is 0 Å². The third-order valence-electron chi connectivity index (χ3n) is 22.0. The Balaban J connectivity index is 0.626. The smallest absolute Gasteiger partial charge is 0.329 e. The van der Waals surface area contributed by atoms with Crippen LogP contribution in [0.1, 0.15) is 128 Å². The van der Waals surface area contributed by atoms with Gasteiger partial charge < -0.3 is 89.1 Å². The topological polar surface area (TPSA) is 370 Å². The van der Waals surface area contributed by atoms with E-state index in [2.05, 4.69) is 46.7 Å². The van der Waals surface area contributed by atoms with Crippen LogP contribution in [0.5, 0.6) is 0 Å². The van der Waals surface area contributed by atoms with E-state index in [1.54, 1.807) is 37.4 Å². The predicted octanol–water partition coefficient (Wildman–Crippen LogP) is 1.23. The molecule has 1 aromatic rings. The lowest BCUT2D eigenvalue weighted by Crippen LogP contribution is -2.61. The summed E-state index contributed by atoms with van der Waals surface area (Å²) >= 11 is 0. The first kappa shape index (κ1) is 73.8. The van der Waals surface area contributed by atoms with E-state index in [-0.39, 0.29) is 119 Å². The molecule has 7 N–H and O–H groups in total. The van der Waals surface area contributed by atoms with Gasteiger partial charge in [0.1, 0.15) is 55.0 Å². The average Bonchev–Trinajstić information content (AvgIpc) is 1.55. The number of hydrogen-bond donors (Lipinski definition) is 7. The molecule has 0 aliphatic carbocycles. The first-order valence-electron chi connectivity index (χ1n) is 36.0. The van der Waals surface area contributed by atoms with Gasteiger partial charge in [-0.05, 0) is 80.4 Å². The molecule has 0 aromatic heterocycles. The van der Waals surface area contributed by atoms with Gasteiger partial charge in [0, 0.05) is 103 Å². The summed E-state index contributed by atoms with van der Waals surface area (Å²) in [4.78, 5) is 133. The minimum Gasteiger partial charge on any atom is -0.480 e. The second-order valence-corrected chi connectivity index (χ2v) is 29.1. The zero-order valence-corrected chi connectivity index (χ0v) is 57.4. The number of nitrogens with zero attached hydrogens (tertiary/aromatic N) is 2. The maximum atomic E-state index is 14.6. The SMILES string of the molecule is C=C1C[C@@H]2CC[C@@]34C[C@H]5OC6C(O[C@H]7CC[C@H](CC(=O)C[C@@H]8[C@@H](OC)[C@@H](C[C@H](O)CNC(=O)CNC(=O)[C@H](Cc9ccccc9)NC(=O)CNC(=O)CNC(=O)[C@@H]9C[C@@H](OCC(=O)O)CN9C(=O)CCCCCN9C(=O)C=CC9=O)O[C@H]8C[C@H]8O[C@@H](CC[C@@H]1O2)C[C@@H](C)C8=C)O[C@@H]7[C@@H]6O3)[C@H]5O4. The number of hydrogen-bond acceptors (Lipinski definition) is 21. The van der Waals surface area contributed by atoms with Crippen molar-refractivity contribution in [3.05, 3.63) is 72.4 Å². The number of fused-ring (bicyclic) bond motifs is 6. The van der Waals surface area contributed by atoms with Crippen LogP contribution < -0.4 is 26.6 Å². The summed E-state index contributed by atoms with van der Waals surface area (Å²) in [6.07, 6.45) is 3.27. The van der Waals surface area contributed by atoms with Crippen LogP contribution in [0.2, 0.25) is 0 Å². The fourth-order valence-electron chi connectivity index (χ4n) is 16.8. The number of imide groups is 1. The van der Waals surface area contributed by atoms with E-state index in [1.807, 2.05) is 0 Å². The first-order valence-corrected chi connectivity index (χ1v) is 36.0. The molecule has 2 unspecified atom stereocenters. The van der Waals surface area contributed by atoms with E-state index in [0.717, 1.165) is 48.2 Å². The van der Waals surface area contributed by atoms with E-state index < -0.39 is 158 Å². The van der Waals surface area contributed by atoms with E-state index >= 15 is 0 Å². The molecule has 13 rings (SSSR count). The van der Waals surface area contributed by atoms with E-state index in [0.29, 0.717) is 56.9 Å². The molecular weight excluding hydrogens is 1310 g/mol. The Kier molecular flexibility index (Phi) is 24.0. The molecule has 12 aliphatic heterocycles. The summed E-state index contributed by atoms with van der Waals surface area (Å²) in [7, 11) is 1.55. The fraction of sp³-hybridized carbons (Fsp3) is 0.694. The normalized spacial score (nSPS) is 35.6. The summed E-state index contributed by atoms with van der Waals surface area (Å²) in [6.45, 7) is 8.52. The third kappa shape index (κ3) is 17.8. The van der Waals surface area contributed by atoms with E-state index in [4.69, 9.17) is 47.4 Å². The van der Waals surface area contributed by atoms with Crippen LogP contribution in [0.3, 0.4) is 0 Å². The van der Waals surface area contributed by atoms with Crippen molar-refractivity contribution in [3.63, 3.8) is 0 Å². The number of ether oxygens (including phenoxy) is 10. The number of methoxy groups -OCH3 is 1. The van der Waals surface area contributed by atoms with Crippen molar-refractivity contribution in [3.8, 4) is 0 Å². The number of carboxylic acids is 1. The summed E-state index contributed by atoms with van der Waals surface area (Å²) in [6, 6.07) is 6.41. The number of aliphatic hydroxyl groups is 1. The van der Waals surface area contributed by atoms with E-state index in [1.165, 1.54) is 17.1 Å². The van der Waals surface area contributed by atoms with Crippen molar-refractivity contribution in [1.29, 1.82) is 0 Å². The Hall–Kier alpha value is -6.90. The zero-order valence-electron chi connectivity index (χ0n) is 57.4. The molecule has 8 amide bonds. The molecule has 1 aromatic carbocycles. The van der Waals surface area contributed by atoms with Crippen LogP contribution in [-0.4, -0.2) is 254 Å². The molecule has 101 heavy (non-hydrogen) atoms. The molecule has 0 radical (unpaired) electrons. The van der Waals surface area contributed by atoms with Crippen molar-refractivity contribution in [1.82, 2.24) is 36.4 Å². The molecular formula is C72H97N7O22. The largest absolute Gasteiger partial charge is 0.480 e. The van der Waals surface area contributed by atoms with Crippen LogP contribution in [0.15, 0.2) is 66.8 Å². The Labute approximate surface area is 586 Å². The van der Waals surface area contributed by atoms with Crippen LogP contribution in [-0.2, 0) is 102 Å². The minimum atomic E-state index is -1.24. The molecule has 1 spiro atoms. The maximum Gasteiger partial charge on any atom is 0.329 e. The minimum absolute atomic E-state index is 0.00267. The van der Waals surface area contributed by atoms with E-state index in [9.17, 15) is 58.2 Å². The number of likely N-dealkylation sites (tertiary alicyclic amines) is 1. The van der Waals surface area contributed by atoms with Gasteiger partial charge in [-0.25, -0.2) is 4.79 Å². The van der Waals surface area contributed by atoms with Gasteiger partial charge in [-0.1, -0.05) is 56.8 Å². The second-order valence-electron chi connectivity index (χ2n) is 29.1. The van der Waals surface area contributed by atoms with Gasteiger partial charge in [-0.2, -0.15) is 0 Å². The molecule has 12 bridgehead atoms. The molecule has 22 atom stereocenters. The fourth-order valence-corrected chi connectivity index (χ4v) is 16.8. The lowest BCUT2D eigenvalue weighted by atomic mass is 9.81. The van der Waals surface area contributed by atoms with Gasteiger partial charge in [0.05, 0.1) is 92.9 Å².